The molecule has 0 aliphatic carbocycles. The van der Waals surface area contributed by atoms with Crippen molar-refractivity contribution < 1.29 is 14.2 Å². The second-order valence-electron chi connectivity index (χ2n) is 4.29. The summed E-state index contributed by atoms with van der Waals surface area (Å²) in [7, 11) is 3.18. The van der Waals surface area contributed by atoms with E-state index in [1.807, 2.05) is 13.0 Å². The van der Waals surface area contributed by atoms with Gasteiger partial charge in [0.1, 0.15) is 17.2 Å². The number of nitrogens with zero attached hydrogens (tertiary/aromatic N) is 2. The monoisotopic (exact) mass is 289 g/mol. The molecule has 6 heteroatoms. The van der Waals surface area contributed by atoms with Crippen molar-refractivity contribution in [1.82, 2.24) is 15.5 Å². The summed E-state index contributed by atoms with van der Waals surface area (Å²) in [5, 5.41) is 11.3. The summed E-state index contributed by atoms with van der Waals surface area (Å²) in [6, 6.07) is 8.96. The normalized spacial score (nSPS) is 10.2. The Morgan fingerprint density at radius 1 is 0.952 bits per heavy atom. The lowest BCUT2D eigenvalue weighted by atomic mass is 10.3. The zero-order chi connectivity index (χ0) is 15.1. The first-order valence-electron chi connectivity index (χ1n) is 6.69. The number of ether oxygens (including phenoxy) is 3. The molecule has 1 aromatic heterocycles. The minimum absolute atomic E-state index is 0.422. The highest BCUT2D eigenvalue weighted by Gasteiger charge is 2.05. The van der Waals surface area contributed by atoms with Gasteiger partial charge in [-0.1, -0.05) is 6.92 Å². The van der Waals surface area contributed by atoms with Gasteiger partial charge >= 0.3 is 0 Å². The number of methoxy groups -OCH3 is 2. The average molecular weight is 289 g/mol. The average Bonchev–Trinajstić information content (AvgIpc) is 2.53. The smallest absolute Gasteiger partial charge is 0.238 e. The molecule has 1 heterocycles. The maximum atomic E-state index is 5.67. The highest BCUT2D eigenvalue weighted by molar-refractivity contribution is 5.43. The van der Waals surface area contributed by atoms with Crippen LogP contribution in [0.15, 0.2) is 30.3 Å². The van der Waals surface area contributed by atoms with Crippen molar-refractivity contribution in [2.75, 3.05) is 20.8 Å². The molecule has 0 aliphatic rings. The van der Waals surface area contributed by atoms with E-state index in [4.69, 9.17) is 14.2 Å². The van der Waals surface area contributed by atoms with Crippen molar-refractivity contribution in [2.45, 2.75) is 13.5 Å². The maximum absolute atomic E-state index is 5.67. The Morgan fingerprint density at radius 2 is 1.62 bits per heavy atom. The van der Waals surface area contributed by atoms with Gasteiger partial charge in [-0.2, -0.15) is 5.10 Å². The zero-order valence-electron chi connectivity index (χ0n) is 12.4. The number of hydrogen-bond acceptors (Lipinski definition) is 6. The summed E-state index contributed by atoms with van der Waals surface area (Å²) < 4.78 is 16.1. The van der Waals surface area contributed by atoms with Gasteiger partial charge in [-0.05, 0) is 12.6 Å². The first kappa shape index (κ1) is 15.1. The second-order valence-corrected chi connectivity index (χ2v) is 4.29. The van der Waals surface area contributed by atoms with Crippen molar-refractivity contribution in [2.24, 2.45) is 0 Å². The summed E-state index contributed by atoms with van der Waals surface area (Å²) in [5.74, 6) is 2.31. The van der Waals surface area contributed by atoms with Crippen LogP contribution in [0.1, 0.15) is 12.6 Å². The predicted molar refractivity (Wildman–Crippen MR) is 79.0 cm³/mol. The molecule has 0 amide bonds. The van der Waals surface area contributed by atoms with Gasteiger partial charge in [0, 0.05) is 30.8 Å². The lowest BCUT2D eigenvalue weighted by Gasteiger charge is -2.09. The zero-order valence-corrected chi connectivity index (χ0v) is 12.4. The summed E-state index contributed by atoms with van der Waals surface area (Å²) in [4.78, 5) is 0. The Morgan fingerprint density at radius 3 is 2.14 bits per heavy atom. The third-order valence-electron chi connectivity index (χ3n) is 2.80. The summed E-state index contributed by atoms with van der Waals surface area (Å²) >= 11 is 0. The third kappa shape index (κ3) is 4.32. The fourth-order valence-corrected chi connectivity index (χ4v) is 1.71. The van der Waals surface area contributed by atoms with Crippen LogP contribution in [0.5, 0.6) is 23.1 Å². The first-order chi connectivity index (χ1) is 10.2. The maximum Gasteiger partial charge on any atom is 0.238 e. The molecule has 0 saturated carbocycles. The minimum atomic E-state index is 0.422. The number of nitrogens with one attached hydrogen (secondary N) is 1. The largest absolute Gasteiger partial charge is 0.496 e. The number of rotatable bonds is 7. The van der Waals surface area contributed by atoms with Crippen molar-refractivity contribution >= 4 is 0 Å². The van der Waals surface area contributed by atoms with E-state index in [0.717, 1.165) is 12.2 Å². The molecule has 21 heavy (non-hydrogen) atoms. The number of hydrogen-bond donors (Lipinski definition) is 1. The van der Waals surface area contributed by atoms with Crippen LogP contribution < -0.4 is 19.5 Å². The van der Waals surface area contributed by atoms with Gasteiger partial charge in [0.05, 0.1) is 19.9 Å². The van der Waals surface area contributed by atoms with Gasteiger partial charge in [0.15, 0.2) is 0 Å². The van der Waals surface area contributed by atoms with E-state index >= 15 is 0 Å². The van der Waals surface area contributed by atoms with Crippen molar-refractivity contribution in [3.05, 3.63) is 36.0 Å². The van der Waals surface area contributed by atoms with Gasteiger partial charge < -0.3 is 19.5 Å². The van der Waals surface area contributed by atoms with E-state index in [-0.39, 0.29) is 0 Å². The standard InChI is InChI=1S/C15H19N3O3/c1-4-16-10-11-5-6-15(18-17-11)21-14-8-12(19-2)7-13(9-14)20-3/h5-9,16H,4,10H2,1-3H3. The highest BCUT2D eigenvalue weighted by atomic mass is 16.5. The molecule has 112 valence electrons. The molecule has 0 aliphatic heterocycles. The quantitative estimate of drug-likeness (QED) is 0.844. The van der Waals surface area contributed by atoms with E-state index in [9.17, 15) is 0 Å². The lowest BCUT2D eigenvalue weighted by molar-refractivity contribution is 0.384. The molecule has 0 saturated heterocycles. The van der Waals surface area contributed by atoms with Crippen molar-refractivity contribution in [3.63, 3.8) is 0 Å². The lowest BCUT2D eigenvalue weighted by Crippen LogP contribution is -2.13. The molecule has 2 aromatic rings. The topological polar surface area (TPSA) is 65.5 Å². The molecule has 0 spiro atoms. The van der Waals surface area contributed by atoms with Crippen LogP contribution in [0.3, 0.4) is 0 Å². The van der Waals surface area contributed by atoms with Gasteiger partial charge in [0.2, 0.25) is 5.88 Å². The van der Waals surface area contributed by atoms with E-state index < -0.39 is 0 Å². The van der Waals surface area contributed by atoms with Gasteiger partial charge in [-0.15, -0.1) is 5.10 Å². The molecule has 0 unspecified atom stereocenters. The van der Waals surface area contributed by atoms with Crippen LogP contribution in [0.25, 0.3) is 0 Å². The number of aromatic nitrogens is 2. The molecule has 0 bridgehead atoms. The van der Waals surface area contributed by atoms with E-state index in [2.05, 4.69) is 15.5 Å². The first-order valence-corrected chi connectivity index (χ1v) is 6.69. The molecule has 6 nitrogen and oxygen atoms in total. The Balaban J connectivity index is 2.10. The van der Waals surface area contributed by atoms with E-state index in [0.29, 0.717) is 29.7 Å². The molecular formula is C15H19N3O3. The van der Waals surface area contributed by atoms with Crippen LogP contribution in [0.4, 0.5) is 0 Å². The van der Waals surface area contributed by atoms with Gasteiger partial charge in [-0.3, -0.25) is 0 Å². The van der Waals surface area contributed by atoms with Crippen LogP contribution in [0, 0.1) is 0 Å². The highest BCUT2D eigenvalue weighted by Crippen LogP contribution is 2.29. The molecule has 1 aromatic carbocycles. The summed E-state index contributed by atoms with van der Waals surface area (Å²) in [6.45, 7) is 3.63. The molecule has 0 fully saturated rings. The molecular weight excluding hydrogens is 270 g/mol. The predicted octanol–water partition coefficient (Wildman–Crippen LogP) is 2.40. The molecule has 2 rings (SSSR count). The minimum Gasteiger partial charge on any atom is -0.496 e. The van der Waals surface area contributed by atoms with Crippen LogP contribution in [-0.4, -0.2) is 31.0 Å². The Kier molecular flexibility index (Phi) is 5.34. The van der Waals surface area contributed by atoms with Crippen molar-refractivity contribution in [3.8, 4) is 23.1 Å². The van der Waals surface area contributed by atoms with Crippen LogP contribution in [-0.2, 0) is 6.54 Å². The van der Waals surface area contributed by atoms with Crippen molar-refractivity contribution in [1.29, 1.82) is 0 Å². The molecule has 0 atom stereocenters. The van der Waals surface area contributed by atoms with Crippen LogP contribution >= 0.6 is 0 Å². The second kappa shape index (κ2) is 7.44. The molecule has 0 radical (unpaired) electrons. The third-order valence-corrected chi connectivity index (χ3v) is 2.80. The Bertz CT molecular complexity index is 551. The van der Waals surface area contributed by atoms with Gasteiger partial charge in [0.25, 0.3) is 0 Å². The number of benzene rings is 1. The van der Waals surface area contributed by atoms with E-state index in [1.165, 1.54) is 0 Å². The Hall–Kier alpha value is -2.34. The fourth-order valence-electron chi connectivity index (χ4n) is 1.71. The Labute approximate surface area is 124 Å². The molecule has 1 N–H and O–H groups in total. The van der Waals surface area contributed by atoms with E-state index in [1.54, 1.807) is 38.5 Å². The fraction of sp³-hybridized carbons (Fsp3) is 0.333. The van der Waals surface area contributed by atoms with Crippen LogP contribution in [0.2, 0.25) is 0 Å². The summed E-state index contributed by atoms with van der Waals surface area (Å²) in [6.07, 6.45) is 0. The van der Waals surface area contributed by atoms with Gasteiger partial charge in [-0.25, -0.2) is 0 Å². The summed E-state index contributed by atoms with van der Waals surface area (Å²) in [5.41, 5.74) is 0.868. The SMILES string of the molecule is CCNCc1ccc(Oc2cc(OC)cc(OC)c2)nn1.